The van der Waals surface area contributed by atoms with Crippen LogP contribution < -0.4 is 5.32 Å². The molecule has 0 aliphatic rings. The Morgan fingerprint density at radius 2 is 2.44 bits per heavy atom. The Morgan fingerprint density at radius 3 is 3.06 bits per heavy atom. The van der Waals surface area contributed by atoms with Crippen LogP contribution in [0.2, 0.25) is 0 Å². The van der Waals surface area contributed by atoms with Gasteiger partial charge in [0.2, 0.25) is 0 Å². The van der Waals surface area contributed by atoms with Crippen molar-refractivity contribution < 1.29 is 9.53 Å². The van der Waals surface area contributed by atoms with Gasteiger partial charge in [0.15, 0.2) is 5.82 Å². The lowest BCUT2D eigenvalue weighted by molar-refractivity contribution is 0.175. The van der Waals surface area contributed by atoms with E-state index < -0.39 is 0 Å². The molecule has 8 nitrogen and oxygen atoms in total. The largest absolute Gasteiger partial charge is 0.385 e. The maximum absolute atomic E-state index is 11.5. The monoisotopic (exact) mass is 228 g/mol. The number of aromatic nitrogens is 4. The molecule has 1 heterocycles. The zero-order chi connectivity index (χ0) is 11.8. The molecule has 0 aromatic carbocycles. The molecule has 16 heavy (non-hydrogen) atoms. The van der Waals surface area contributed by atoms with E-state index in [2.05, 4.69) is 25.9 Å². The first-order valence-corrected chi connectivity index (χ1v) is 4.94. The summed E-state index contributed by atoms with van der Waals surface area (Å²) in [6.45, 7) is 1.58. The molecule has 0 fully saturated rings. The van der Waals surface area contributed by atoms with Gasteiger partial charge in [-0.05, 0) is 16.8 Å². The Labute approximate surface area is 93.3 Å². The summed E-state index contributed by atoms with van der Waals surface area (Å²) < 4.78 is 4.90. The average Bonchev–Trinajstić information content (AvgIpc) is 2.79. The number of nitrogens with one attached hydrogen (secondary N) is 2. The van der Waals surface area contributed by atoms with Crippen LogP contribution in [-0.2, 0) is 11.3 Å². The molecule has 0 saturated heterocycles. The molecule has 0 spiro atoms. The molecular weight excluding hydrogens is 212 g/mol. The number of methoxy groups -OCH3 is 1. The molecule has 0 aliphatic heterocycles. The Balaban J connectivity index is 2.18. The van der Waals surface area contributed by atoms with Gasteiger partial charge in [0.25, 0.3) is 0 Å². The SMILES string of the molecule is COCCCN(C)C(=O)NCc1nnn[nH]1. The lowest BCUT2D eigenvalue weighted by Gasteiger charge is -2.16. The van der Waals surface area contributed by atoms with E-state index in [1.165, 1.54) is 0 Å². The van der Waals surface area contributed by atoms with Crippen LogP contribution in [0.3, 0.4) is 0 Å². The third kappa shape index (κ3) is 4.22. The van der Waals surface area contributed by atoms with Crippen molar-refractivity contribution in [2.45, 2.75) is 13.0 Å². The minimum absolute atomic E-state index is 0.160. The van der Waals surface area contributed by atoms with E-state index in [1.807, 2.05) is 0 Å². The number of H-pyrrole nitrogens is 1. The molecule has 0 aliphatic carbocycles. The molecule has 0 atom stereocenters. The number of aromatic amines is 1. The number of hydrogen-bond acceptors (Lipinski definition) is 5. The Bertz CT molecular complexity index is 301. The molecule has 0 unspecified atom stereocenters. The van der Waals surface area contributed by atoms with Crippen molar-refractivity contribution in [1.82, 2.24) is 30.8 Å². The summed E-state index contributed by atoms with van der Waals surface area (Å²) in [5.74, 6) is 0.527. The number of tetrazole rings is 1. The normalized spacial score (nSPS) is 10.1. The lowest BCUT2D eigenvalue weighted by Crippen LogP contribution is -2.37. The van der Waals surface area contributed by atoms with Crippen LogP contribution in [0.15, 0.2) is 0 Å². The fourth-order valence-corrected chi connectivity index (χ4v) is 1.10. The predicted molar refractivity (Wildman–Crippen MR) is 55.5 cm³/mol. The number of hydrogen-bond donors (Lipinski definition) is 2. The highest BCUT2D eigenvalue weighted by Crippen LogP contribution is 1.90. The van der Waals surface area contributed by atoms with Crippen LogP contribution in [-0.4, -0.2) is 58.9 Å². The van der Waals surface area contributed by atoms with Crippen molar-refractivity contribution in [1.29, 1.82) is 0 Å². The maximum atomic E-state index is 11.5. The van der Waals surface area contributed by atoms with Gasteiger partial charge in [-0.15, -0.1) is 5.10 Å². The molecule has 8 heteroatoms. The summed E-state index contributed by atoms with van der Waals surface area (Å²) in [6, 6.07) is -0.160. The number of nitrogens with zero attached hydrogens (tertiary/aromatic N) is 4. The van der Waals surface area contributed by atoms with Crippen LogP contribution in [0.5, 0.6) is 0 Å². The smallest absolute Gasteiger partial charge is 0.317 e. The maximum Gasteiger partial charge on any atom is 0.317 e. The van der Waals surface area contributed by atoms with Crippen LogP contribution >= 0.6 is 0 Å². The second-order valence-corrected chi connectivity index (χ2v) is 3.27. The third-order valence-corrected chi connectivity index (χ3v) is 1.98. The van der Waals surface area contributed by atoms with Gasteiger partial charge in [0, 0.05) is 27.3 Å². The summed E-state index contributed by atoms with van der Waals surface area (Å²) >= 11 is 0. The average molecular weight is 228 g/mol. The van der Waals surface area contributed by atoms with Crippen LogP contribution in [0.1, 0.15) is 12.2 Å². The summed E-state index contributed by atoms with van der Waals surface area (Å²) in [7, 11) is 3.36. The van der Waals surface area contributed by atoms with Crippen molar-refractivity contribution in [3.63, 3.8) is 0 Å². The van der Waals surface area contributed by atoms with Gasteiger partial charge in [0.05, 0.1) is 6.54 Å². The highest BCUT2D eigenvalue weighted by molar-refractivity contribution is 5.73. The van der Waals surface area contributed by atoms with Gasteiger partial charge in [-0.1, -0.05) is 0 Å². The highest BCUT2D eigenvalue weighted by Gasteiger charge is 2.08. The van der Waals surface area contributed by atoms with E-state index in [-0.39, 0.29) is 6.03 Å². The number of urea groups is 1. The zero-order valence-electron chi connectivity index (χ0n) is 9.43. The van der Waals surface area contributed by atoms with Crippen molar-refractivity contribution in [3.8, 4) is 0 Å². The minimum atomic E-state index is -0.160. The van der Waals surface area contributed by atoms with Crippen molar-refractivity contribution in [2.75, 3.05) is 27.3 Å². The van der Waals surface area contributed by atoms with E-state index in [0.29, 0.717) is 25.5 Å². The lowest BCUT2D eigenvalue weighted by atomic mass is 10.4. The topological polar surface area (TPSA) is 96.0 Å². The zero-order valence-corrected chi connectivity index (χ0v) is 9.43. The predicted octanol–water partition coefficient (Wildman–Crippen LogP) is -0.622. The number of carbonyl (C=O) groups is 1. The Hall–Kier alpha value is -1.70. The van der Waals surface area contributed by atoms with Gasteiger partial charge in [-0.3, -0.25) is 0 Å². The first kappa shape index (κ1) is 12.4. The molecule has 90 valence electrons. The molecule has 0 saturated carbocycles. The van der Waals surface area contributed by atoms with Crippen LogP contribution in [0, 0.1) is 0 Å². The third-order valence-electron chi connectivity index (χ3n) is 1.98. The molecule has 2 amide bonds. The van der Waals surface area contributed by atoms with E-state index >= 15 is 0 Å². The summed E-state index contributed by atoms with van der Waals surface area (Å²) in [4.78, 5) is 13.1. The fourth-order valence-electron chi connectivity index (χ4n) is 1.10. The van der Waals surface area contributed by atoms with Gasteiger partial charge in [-0.2, -0.15) is 0 Å². The summed E-state index contributed by atoms with van der Waals surface area (Å²) in [5, 5.41) is 15.7. The first-order valence-electron chi connectivity index (χ1n) is 4.94. The van der Waals surface area contributed by atoms with Crippen LogP contribution in [0.25, 0.3) is 0 Å². The Kier molecular flexibility index (Phi) is 5.20. The second kappa shape index (κ2) is 6.72. The summed E-state index contributed by atoms with van der Waals surface area (Å²) in [5.41, 5.74) is 0. The van der Waals surface area contributed by atoms with E-state index in [4.69, 9.17) is 4.74 Å². The number of amides is 2. The van der Waals surface area contributed by atoms with Crippen molar-refractivity contribution >= 4 is 6.03 Å². The number of carbonyl (C=O) groups excluding carboxylic acids is 1. The molecule has 0 radical (unpaired) electrons. The van der Waals surface area contributed by atoms with Gasteiger partial charge in [0.1, 0.15) is 0 Å². The van der Waals surface area contributed by atoms with Crippen molar-refractivity contribution in [2.24, 2.45) is 0 Å². The standard InChI is InChI=1S/C8H16N6O2/c1-14(4-3-5-16-2)8(15)9-6-7-10-12-13-11-7/h3-6H2,1-2H3,(H,9,15)(H,10,11,12,13). The second-order valence-electron chi connectivity index (χ2n) is 3.27. The minimum Gasteiger partial charge on any atom is -0.385 e. The molecule has 2 N–H and O–H groups in total. The molecule has 0 bridgehead atoms. The molecular formula is C8H16N6O2. The fraction of sp³-hybridized carbons (Fsp3) is 0.750. The van der Waals surface area contributed by atoms with E-state index in [0.717, 1.165) is 6.42 Å². The van der Waals surface area contributed by atoms with Crippen molar-refractivity contribution in [3.05, 3.63) is 5.82 Å². The molecule has 1 aromatic rings. The highest BCUT2D eigenvalue weighted by atomic mass is 16.5. The van der Waals surface area contributed by atoms with Gasteiger partial charge >= 0.3 is 6.03 Å². The van der Waals surface area contributed by atoms with E-state index in [1.54, 1.807) is 19.1 Å². The number of rotatable bonds is 6. The molecule has 1 rings (SSSR count). The van der Waals surface area contributed by atoms with E-state index in [9.17, 15) is 4.79 Å². The summed E-state index contributed by atoms with van der Waals surface area (Å²) in [6.07, 6.45) is 0.810. The molecule has 1 aromatic heterocycles. The quantitative estimate of drug-likeness (QED) is 0.632. The van der Waals surface area contributed by atoms with Crippen LogP contribution in [0.4, 0.5) is 4.79 Å². The van der Waals surface area contributed by atoms with Gasteiger partial charge in [-0.25, -0.2) is 9.89 Å². The first-order chi connectivity index (χ1) is 7.74. The Morgan fingerprint density at radius 1 is 1.62 bits per heavy atom. The van der Waals surface area contributed by atoms with Gasteiger partial charge < -0.3 is 15.0 Å². The number of ether oxygens (including phenoxy) is 1.